The van der Waals surface area contributed by atoms with E-state index in [-0.39, 0.29) is 15.4 Å². The average molecular weight is 282 g/mol. The number of hydrogen-bond acceptors (Lipinski definition) is 5. The molecule has 0 bridgehead atoms. The quantitative estimate of drug-likeness (QED) is 0.918. The lowest BCUT2D eigenvalue weighted by Gasteiger charge is -2.04. The molecule has 92 valence electrons. The molecule has 3 rings (SSSR count). The lowest BCUT2D eigenvalue weighted by molar-refractivity contribution is 0.102. The second-order valence-corrected chi connectivity index (χ2v) is 5.29. The number of halogens is 1. The van der Waals surface area contributed by atoms with Gasteiger partial charge in [-0.3, -0.25) is 4.79 Å². The molecule has 0 spiro atoms. The molecule has 1 aliphatic heterocycles. The molecule has 0 saturated carbocycles. The van der Waals surface area contributed by atoms with E-state index < -0.39 is 0 Å². The first-order chi connectivity index (χ1) is 8.72. The zero-order chi connectivity index (χ0) is 12.5. The van der Waals surface area contributed by atoms with Gasteiger partial charge in [-0.2, -0.15) is 0 Å². The van der Waals surface area contributed by atoms with E-state index in [2.05, 4.69) is 15.5 Å². The Balaban J connectivity index is 1.78. The summed E-state index contributed by atoms with van der Waals surface area (Å²) >= 11 is 6.68. The number of nitrogens with one attached hydrogen (secondary N) is 1. The highest BCUT2D eigenvalue weighted by Gasteiger charge is 2.15. The minimum Gasteiger partial charge on any atom is -0.493 e. The number of ether oxygens (including phenoxy) is 1. The molecule has 2 aromatic rings. The highest BCUT2D eigenvalue weighted by molar-refractivity contribution is 7.17. The van der Waals surface area contributed by atoms with Gasteiger partial charge in [0.1, 0.15) is 5.75 Å². The number of carbonyl (C=O) groups is 1. The standard InChI is InChI=1S/C11H8ClN3O2S/c12-11-15-14-10(18-11)9(16)13-7-1-2-8-6(5-7)3-4-17-8/h1-2,5H,3-4H2,(H,13,16). The van der Waals surface area contributed by atoms with Crippen LogP contribution in [0.5, 0.6) is 5.75 Å². The molecule has 0 atom stereocenters. The number of carbonyl (C=O) groups excluding carboxylic acids is 1. The van der Waals surface area contributed by atoms with E-state index in [4.69, 9.17) is 16.3 Å². The smallest absolute Gasteiger partial charge is 0.286 e. The van der Waals surface area contributed by atoms with E-state index in [1.165, 1.54) is 0 Å². The lowest BCUT2D eigenvalue weighted by atomic mass is 10.1. The Labute approximate surface area is 112 Å². The summed E-state index contributed by atoms with van der Waals surface area (Å²) in [6, 6.07) is 5.55. The molecule has 1 N–H and O–H groups in total. The molecule has 1 aliphatic rings. The van der Waals surface area contributed by atoms with E-state index in [0.29, 0.717) is 6.61 Å². The van der Waals surface area contributed by atoms with Crippen LogP contribution >= 0.6 is 22.9 Å². The summed E-state index contributed by atoms with van der Waals surface area (Å²) in [5.41, 5.74) is 1.82. The van der Waals surface area contributed by atoms with Crippen molar-refractivity contribution in [3.05, 3.63) is 33.2 Å². The molecule has 18 heavy (non-hydrogen) atoms. The van der Waals surface area contributed by atoms with Crippen molar-refractivity contribution in [2.45, 2.75) is 6.42 Å². The Kier molecular flexibility index (Phi) is 2.89. The van der Waals surface area contributed by atoms with Crippen molar-refractivity contribution in [1.29, 1.82) is 0 Å². The second kappa shape index (κ2) is 4.55. The van der Waals surface area contributed by atoms with Crippen molar-refractivity contribution in [3.8, 4) is 5.75 Å². The van der Waals surface area contributed by atoms with Gasteiger partial charge in [0.2, 0.25) is 9.47 Å². The molecule has 1 amide bonds. The molecule has 0 unspecified atom stereocenters. The summed E-state index contributed by atoms with van der Waals surface area (Å²) in [5, 5.41) is 10.3. The highest BCUT2D eigenvalue weighted by atomic mass is 35.5. The lowest BCUT2D eigenvalue weighted by Crippen LogP contribution is -2.11. The van der Waals surface area contributed by atoms with Crippen molar-refractivity contribution in [2.24, 2.45) is 0 Å². The first kappa shape index (κ1) is 11.4. The van der Waals surface area contributed by atoms with Gasteiger partial charge in [-0.1, -0.05) is 11.3 Å². The number of benzene rings is 1. The molecular weight excluding hydrogens is 274 g/mol. The van der Waals surface area contributed by atoms with Crippen LogP contribution in [0.1, 0.15) is 15.4 Å². The monoisotopic (exact) mass is 281 g/mol. The summed E-state index contributed by atoms with van der Waals surface area (Å²) < 4.78 is 5.65. The van der Waals surface area contributed by atoms with E-state index in [9.17, 15) is 4.79 Å². The normalized spacial score (nSPS) is 12.9. The average Bonchev–Trinajstić information content (AvgIpc) is 2.96. The van der Waals surface area contributed by atoms with E-state index >= 15 is 0 Å². The van der Waals surface area contributed by atoms with Crippen LogP contribution in [0.2, 0.25) is 4.47 Å². The summed E-state index contributed by atoms with van der Waals surface area (Å²) in [6.45, 7) is 0.693. The highest BCUT2D eigenvalue weighted by Crippen LogP contribution is 2.28. The van der Waals surface area contributed by atoms with Gasteiger partial charge in [0.05, 0.1) is 6.61 Å². The van der Waals surface area contributed by atoms with Gasteiger partial charge in [0.15, 0.2) is 0 Å². The fourth-order valence-electron chi connectivity index (χ4n) is 1.75. The second-order valence-electron chi connectivity index (χ2n) is 3.74. The number of fused-ring (bicyclic) bond motifs is 1. The molecule has 0 fully saturated rings. The van der Waals surface area contributed by atoms with Crippen LogP contribution in [0.4, 0.5) is 5.69 Å². The summed E-state index contributed by atoms with van der Waals surface area (Å²) in [6.07, 6.45) is 0.865. The van der Waals surface area contributed by atoms with Gasteiger partial charge in [-0.15, -0.1) is 10.2 Å². The van der Waals surface area contributed by atoms with E-state index in [0.717, 1.165) is 34.8 Å². The topological polar surface area (TPSA) is 64.1 Å². The van der Waals surface area contributed by atoms with Crippen LogP contribution < -0.4 is 10.1 Å². The number of hydrogen-bond donors (Lipinski definition) is 1. The van der Waals surface area contributed by atoms with Gasteiger partial charge in [0, 0.05) is 12.1 Å². The first-order valence-corrected chi connectivity index (χ1v) is 6.48. The Hall–Kier alpha value is -1.66. The van der Waals surface area contributed by atoms with E-state index in [1.54, 1.807) is 6.07 Å². The summed E-state index contributed by atoms with van der Waals surface area (Å²) in [7, 11) is 0. The number of rotatable bonds is 2. The van der Waals surface area contributed by atoms with Crippen molar-refractivity contribution >= 4 is 34.5 Å². The van der Waals surface area contributed by atoms with Crippen LogP contribution in [-0.2, 0) is 6.42 Å². The molecule has 1 aromatic heterocycles. The van der Waals surface area contributed by atoms with Gasteiger partial charge in [0.25, 0.3) is 5.91 Å². The molecule has 0 aliphatic carbocycles. The third-order valence-corrected chi connectivity index (χ3v) is 3.56. The SMILES string of the molecule is O=C(Nc1ccc2c(c1)CCO2)c1nnc(Cl)s1. The van der Waals surface area contributed by atoms with Crippen LogP contribution in [-0.4, -0.2) is 22.7 Å². The third kappa shape index (κ3) is 2.16. The van der Waals surface area contributed by atoms with Gasteiger partial charge >= 0.3 is 0 Å². The molecular formula is C11H8ClN3O2S. The Morgan fingerprint density at radius 2 is 2.33 bits per heavy atom. The summed E-state index contributed by atoms with van der Waals surface area (Å²) in [4.78, 5) is 11.8. The van der Waals surface area contributed by atoms with Gasteiger partial charge in [-0.25, -0.2) is 0 Å². The molecule has 2 heterocycles. The maximum Gasteiger partial charge on any atom is 0.286 e. The zero-order valence-corrected chi connectivity index (χ0v) is 10.7. The Bertz CT molecular complexity index is 614. The van der Waals surface area contributed by atoms with Crippen LogP contribution in [0.3, 0.4) is 0 Å². The number of anilines is 1. The number of amides is 1. The third-order valence-electron chi connectivity index (χ3n) is 2.54. The van der Waals surface area contributed by atoms with Crippen molar-refractivity contribution in [1.82, 2.24) is 10.2 Å². The van der Waals surface area contributed by atoms with Crippen LogP contribution in [0, 0.1) is 0 Å². The van der Waals surface area contributed by atoms with Gasteiger partial charge in [-0.05, 0) is 35.4 Å². The maximum absolute atomic E-state index is 11.8. The maximum atomic E-state index is 11.8. The predicted molar refractivity (Wildman–Crippen MR) is 68.5 cm³/mol. The molecule has 0 saturated heterocycles. The fourth-order valence-corrected chi connectivity index (χ4v) is 2.47. The minimum absolute atomic E-state index is 0.247. The van der Waals surface area contributed by atoms with Crippen molar-refractivity contribution in [2.75, 3.05) is 11.9 Å². The van der Waals surface area contributed by atoms with Gasteiger partial charge < -0.3 is 10.1 Å². The van der Waals surface area contributed by atoms with E-state index in [1.807, 2.05) is 12.1 Å². The van der Waals surface area contributed by atoms with Crippen LogP contribution in [0.25, 0.3) is 0 Å². The number of nitrogens with zero attached hydrogens (tertiary/aromatic N) is 2. The fraction of sp³-hybridized carbons (Fsp3) is 0.182. The Morgan fingerprint density at radius 1 is 1.44 bits per heavy atom. The largest absolute Gasteiger partial charge is 0.493 e. The van der Waals surface area contributed by atoms with Crippen LogP contribution in [0.15, 0.2) is 18.2 Å². The predicted octanol–water partition coefficient (Wildman–Crippen LogP) is 2.38. The molecule has 7 heteroatoms. The molecule has 0 radical (unpaired) electrons. The molecule has 1 aromatic carbocycles. The first-order valence-electron chi connectivity index (χ1n) is 5.28. The summed E-state index contributed by atoms with van der Waals surface area (Å²) in [5.74, 6) is 0.574. The van der Waals surface area contributed by atoms with Crippen molar-refractivity contribution in [3.63, 3.8) is 0 Å². The zero-order valence-electron chi connectivity index (χ0n) is 9.14. The molecule has 5 nitrogen and oxygen atoms in total. The minimum atomic E-state index is -0.307. The van der Waals surface area contributed by atoms with Crippen molar-refractivity contribution < 1.29 is 9.53 Å². The Morgan fingerprint density at radius 3 is 3.11 bits per heavy atom. The number of aromatic nitrogens is 2.